The van der Waals surface area contributed by atoms with E-state index >= 15 is 0 Å². The average Bonchev–Trinajstić information content (AvgIpc) is 2.72. The van der Waals surface area contributed by atoms with Crippen LogP contribution in [0.5, 0.6) is 0 Å². The van der Waals surface area contributed by atoms with E-state index in [-0.39, 0.29) is 18.6 Å². The van der Waals surface area contributed by atoms with Crippen LogP contribution in [0.2, 0.25) is 0 Å². The molecule has 0 spiro atoms. The van der Waals surface area contributed by atoms with E-state index in [0.29, 0.717) is 0 Å². The molecule has 2 rings (SSSR count). The van der Waals surface area contributed by atoms with Crippen LogP contribution in [0, 0.1) is 5.92 Å². The number of halogens is 3. The van der Waals surface area contributed by atoms with Crippen molar-refractivity contribution in [1.29, 1.82) is 0 Å². The fourth-order valence-corrected chi connectivity index (χ4v) is 3.75. The number of hydrogen-bond donors (Lipinski definition) is 1. The molecular formula is C10H10F3NO4S. The number of fused-ring (bicyclic) bond motifs is 1. The summed E-state index contributed by atoms with van der Waals surface area (Å²) < 4.78 is 37.1. The van der Waals surface area contributed by atoms with E-state index in [2.05, 4.69) is 0 Å². The smallest absolute Gasteiger partial charge is 0.450 e. The number of hydrogen-bond acceptors (Lipinski definition) is 4. The van der Waals surface area contributed by atoms with Crippen LogP contribution >= 0.6 is 11.8 Å². The molecule has 3 atom stereocenters. The lowest BCUT2D eigenvalue weighted by atomic mass is 9.91. The van der Waals surface area contributed by atoms with Crippen molar-refractivity contribution < 1.29 is 32.7 Å². The molecule has 0 aliphatic carbocycles. The van der Waals surface area contributed by atoms with Crippen molar-refractivity contribution in [3.63, 3.8) is 0 Å². The van der Waals surface area contributed by atoms with Gasteiger partial charge in [-0.15, -0.1) is 11.8 Å². The molecule has 19 heavy (non-hydrogen) atoms. The number of carbonyl (C=O) groups is 3. The molecule has 2 fully saturated rings. The van der Waals surface area contributed by atoms with Gasteiger partial charge in [-0.25, -0.2) is 4.79 Å². The SMILES string of the molecule is O=C(O)[C@@H]1CS[C@H]2CC[C@H](C(=O)C(F)(F)F)C(=O)N21. The molecule has 2 aliphatic heterocycles. The summed E-state index contributed by atoms with van der Waals surface area (Å²) in [7, 11) is 0. The van der Waals surface area contributed by atoms with Gasteiger partial charge in [0.15, 0.2) is 0 Å². The topological polar surface area (TPSA) is 74.7 Å². The predicted octanol–water partition coefficient (Wildman–Crippen LogP) is 0.883. The summed E-state index contributed by atoms with van der Waals surface area (Å²) in [6.45, 7) is 0. The van der Waals surface area contributed by atoms with E-state index in [1.165, 1.54) is 11.8 Å². The van der Waals surface area contributed by atoms with Crippen LogP contribution in [-0.4, -0.2) is 51.0 Å². The second-order valence-corrected chi connectivity index (χ2v) is 5.59. The Kier molecular flexibility index (Phi) is 3.50. The molecule has 0 saturated carbocycles. The number of carboxylic acid groups (broad SMARTS) is 1. The highest BCUT2D eigenvalue weighted by Gasteiger charge is 2.53. The first kappa shape index (κ1) is 14.2. The highest BCUT2D eigenvalue weighted by molar-refractivity contribution is 8.00. The maximum atomic E-state index is 12.4. The zero-order chi connectivity index (χ0) is 14.4. The van der Waals surface area contributed by atoms with Crippen LogP contribution in [0.15, 0.2) is 0 Å². The van der Waals surface area contributed by atoms with Crippen LogP contribution in [-0.2, 0) is 14.4 Å². The summed E-state index contributed by atoms with van der Waals surface area (Å²) in [5.41, 5.74) is 0. The summed E-state index contributed by atoms with van der Waals surface area (Å²) in [4.78, 5) is 35.0. The van der Waals surface area contributed by atoms with Gasteiger partial charge in [0.25, 0.3) is 0 Å². The first-order valence-electron chi connectivity index (χ1n) is 5.51. The first-order valence-corrected chi connectivity index (χ1v) is 6.56. The third-order valence-corrected chi connectivity index (χ3v) is 4.58. The molecule has 1 amide bonds. The number of aliphatic carboxylic acids is 1. The summed E-state index contributed by atoms with van der Waals surface area (Å²) in [5.74, 6) is -6.02. The van der Waals surface area contributed by atoms with Gasteiger partial charge in [-0.2, -0.15) is 13.2 Å². The third kappa shape index (κ3) is 2.43. The Bertz CT molecular complexity index is 439. The number of carbonyl (C=O) groups excluding carboxylic acids is 2. The van der Waals surface area contributed by atoms with Gasteiger partial charge in [0.2, 0.25) is 11.7 Å². The van der Waals surface area contributed by atoms with Crippen molar-refractivity contribution in [2.24, 2.45) is 5.92 Å². The molecular weight excluding hydrogens is 287 g/mol. The normalized spacial score (nSPS) is 31.2. The summed E-state index contributed by atoms with van der Waals surface area (Å²) >= 11 is 1.22. The van der Waals surface area contributed by atoms with E-state index in [1.54, 1.807) is 0 Å². The van der Waals surface area contributed by atoms with Crippen molar-refractivity contribution in [2.45, 2.75) is 30.4 Å². The van der Waals surface area contributed by atoms with Gasteiger partial charge in [-0.05, 0) is 12.8 Å². The zero-order valence-electron chi connectivity index (χ0n) is 9.51. The van der Waals surface area contributed by atoms with Crippen molar-refractivity contribution in [2.75, 3.05) is 5.75 Å². The highest BCUT2D eigenvalue weighted by Crippen LogP contribution is 2.40. The van der Waals surface area contributed by atoms with E-state index < -0.39 is 41.2 Å². The van der Waals surface area contributed by atoms with Crippen LogP contribution in [0.25, 0.3) is 0 Å². The number of rotatable bonds is 2. The zero-order valence-corrected chi connectivity index (χ0v) is 10.3. The summed E-state index contributed by atoms with van der Waals surface area (Å²) in [6, 6.07) is -1.15. The number of ketones is 1. The monoisotopic (exact) mass is 297 g/mol. The number of alkyl halides is 3. The van der Waals surface area contributed by atoms with E-state index in [1.807, 2.05) is 0 Å². The quantitative estimate of drug-likeness (QED) is 0.766. The van der Waals surface area contributed by atoms with E-state index in [9.17, 15) is 27.6 Å². The Morgan fingerprint density at radius 1 is 1.32 bits per heavy atom. The fourth-order valence-electron chi connectivity index (χ4n) is 2.33. The number of piperidine rings is 1. The second kappa shape index (κ2) is 4.69. The minimum atomic E-state index is -5.07. The molecule has 2 heterocycles. The summed E-state index contributed by atoms with van der Waals surface area (Å²) in [5, 5.41) is 8.50. The molecule has 0 aromatic heterocycles. The number of amides is 1. The van der Waals surface area contributed by atoms with Crippen molar-refractivity contribution in [1.82, 2.24) is 4.90 Å². The molecule has 2 aliphatic rings. The number of carboxylic acids is 1. The molecule has 0 aromatic rings. The molecule has 0 radical (unpaired) electrons. The lowest BCUT2D eigenvalue weighted by molar-refractivity contribution is -0.181. The van der Waals surface area contributed by atoms with Crippen molar-refractivity contribution in [3.8, 4) is 0 Å². The van der Waals surface area contributed by atoms with Gasteiger partial charge >= 0.3 is 12.1 Å². The molecule has 5 nitrogen and oxygen atoms in total. The first-order chi connectivity index (χ1) is 8.73. The Labute approximate surface area is 110 Å². The Morgan fingerprint density at radius 2 is 1.95 bits per heavy atom. The lowest BCUT2D eigenvalue weighted by Gasteiger charge is -2.35. The van der Waals surface area contributed by atoms with Crippen LogP contribution in [0.3, 0.4) is 0 Å². The molecule has 0 bridgehead atoms. The molecule has 106 valence electrons. The average molecular weight is 297 g/mol. The van der Waals surface area contributed by atoms with Gasteiger partial charge in [0.05, 0.1) is 5.37 Å². The molecule has 2 saturated heterocycles. The Balaban J connectivity index is 2.22. The third-order valence-electron chi connectivity index (χ3n) is 3.23. The van der Waals surface area contributed by atoms with Crippen molar-refractivity contribution in [3.05, 3.63) is 0 Å². The predicted molar refractivity (Wildman–Crippen MR) is 58.3 cm³/mol. The van der Waals surface area contributed by atoms with Gasteiger partial charge < -0.3 is 10.0 Å². The highest BCUT2D eigenvalue weighted by atomic mass is 32.2. The summed E-state index contributed by atoms with van der Waals surface area (Å²) in [6.07, 6.45) is -5.05. The van der Waals surface area contributed by atoms with Crippen LogP contribution in [0.1, 0.15) is 12.8 Å². The minimum Gasteiger partial charge on any atom is -0.480 e. The molecule has 1 N–H and O–H groups in total. The number of thioether (sulfide) groups is 1. The van der Waals surface area contributed by atoms with Crippen LogP contribution in [0.4, 0.5) is 13.2 Å². The molecule has 9 heteroatoms. The van der Waals surface area contributed by atoms with Gasteiger partial charge in [-0.1, -0.05) is 0 Å². The minimum absolute atomic E-state index is 0.138. The second-order valence-electron chi connectivity index (χ2n) is 4.38. The number of nitrogens with zero attached hydrogens (tertiary/aromatic N) is 1. The standard InChI is InChI=1S/C10H10F3NO4S/c11-10(12,13)7(15)4-1-2-6-14(8(4)16)5(3-19-6)9(17)18/h4-6H,1-3H2,(H,17,18)/t4-,5+,6+/m1/s1. The number of Topliss-reactive ketones (excluding diaryl/α,β-unsaturated/α-hetero) is 1. The van der Waals surface area contributed by atoms with Crippen LogP contribution < -0.4 is 0 Å². The van der Waals surface area contributed by atoms with Gasteiger partial charge in [-0.3, -0.25) is 9.59 Å². The lowest BCUT2D eigenvalue weighted by Crippen LogP contribution is -2.54. The Morgan fingerprint density at radius 3 is 2.47 bits per heavy atom. The molecule has 0 aromatic carbocycles. The van der Waals surface area contributed by atoms with E-state index in [4.69, 9.17) is 5.11 Å². The van der Waals surface area contributed by atoms with Crippen molar-refractivity contribution >= 4 is 29.4 Å². The Hall–Kier alpha value is -1.25. The maximum absolute atomic E-state index is 12.4. The molecule has 0 unspecified atom stereocenters. The largest absolute Gasteiger partial charge is 0.480 e. The fraction of sp³-hybridized carbons (Fsp3) is 0.700. The van der Waals surface area contributed by atoms with Gasteiger partial charge in [0, 0.05) is 5.75 Å². The van der Waals surface area contributed by atoms with Gasteiger partial charge in [0.1, 0.15) is 12.0 Å². The maximum Gasteiger partial charge on any atom is 0.450 e. The van der Waals surface area contributed by atoms with E-state index in [0.717, 1.165) is 4.90 Å².